The van der Waals surface area contributed by atoms with Crippen LogP contribution in [-0.4, -0.2) is 32.7 Å². The van der Waals surface area contributed by atoms with E-state index in [1.54, 1.807) is 11.8 Å². The lowest BCUT2D eigenvalue weighted by atomic mass is 10.2. The number of thioether (sulfide) groups is 2. The Bertz CT molecular complexity index is 937. The lowest BCUT2D eigenvalue weighted by molar-refractivity contribution is -0.113. The van der Waals surface area contributed by atoms with Crippen LogP contribution in [0.4, 0.5) is 5.69 Å². The zero-order valence-electron chi connectivity index (χ0n) is 15.7. The molecule has 4 rings (SSSR count). The summed E-state index contributed by atoms with van der Waals surface area (Å²) in [7, 11) is 0. The SMILES string of the molecule is CSc1ccc(NC(=O)CSc2nnc(C3CC3)n2Cc2ccccc2)cc1. The second-order valence-corrected chi connectivity index (χ2v) is 8.57. The first-order valence-electron chi connectivity index (χ1n) is 9.26. The van der Waals surface area contributed by atoms with Crippen molar-refractivity contribution in [3.05, 3.63) is 66.0 Å². The molecule has 3 aromatic rings. The molecule has 0 atom stereocenters. The van der Waals surface area contributed by atoms with E-state index >= 15 is 0 Å². The van der Waals surface area contributed by atoms with Gasteiger partial charge in [0.1, 0.15) is 5.82 Å². The Hall–Kier alpha value is -2.25. The monoisotopic (exact) mass is 410 g/mol. The van der Waals surface area contributed by atoms with Gasteiger partial charge in [0.25, 0.3) is 0 Å². The molecule has 0 aliphatic heterocycles. The minimum absolute atomic E-state index is 0.0378. The number of amides is 1. The van der Waals surface area contributed by atoms with E-state index in [-0.39, 0.29) is 5.91 Å². The van der Waals surface area contributed by atoms with Gasteiger partial charge in [0.2, 0.25) is 5.91 Å². The number of aromatic nitrogens is 3. The molecule has 1 saturated carbocycles. The molecule has 1 aromatic heterocycles. The summed E-state index contributed by atoms with van der Waals surface area (Å²) < 4.78 is 2.16. The highest BCUT2D eigenvalue weighted by Gasteiger charge is 2.30. The van der Waals surface area contributed by atoms with Gasteiger partial charge >= 0.3 is 0 Å². The lowest BCUT2D eigenvalue weighted by Gasteiger charge is -2.10. The van der Waals surface area contributed by atoms with Crippen LogP contribution in [0.2, 0.25) is 0 Å². The van der Waals surface area contributed by atoms with Gasteiger partial charge in [-0.3, -0.25) is 4.79 Å². The van der Waals surface area contributed by atoms with E-state index < -0.39 is 0 Å². The van der Waals surface area contributed by atoms with Crippen LogP contribution in [0.25, 0.3) is 0 Å². The van der Waals surface area contributed by atoms with E-state index in [4.69, 9.17) is 0 Å². The van der Waals surface area contributed by atoms with E-state index in [1.165, 1.54) is 35.1 Å². The van der Waals surface area contributed by atoms with Crippen LogP contribution in [0.1, 0.15) is 30.1 Å². The fourth-order valence-corrected chi connectivity index (χ4v) is 4.12. The van der Waals surface area contributed by atoms with Crippen LogP contribution >= 0.6 is 23.5 Å². The van der Waals surface area contributed by atoms with Crippen molar-refractivity contribution >= 4 is 35.1 Å². The second-order valence-electron chi connectivity index (χ2n) is 6.75. The maximum absolute atomic E-state index is 12.4. The van der Waals surface area contributed by atoms with Gasteiger partial charge in [-0.05, 0) is 48.9 Å². The highest BCUT2D eigenvalue weighted by atomic mass is 32.2. The number of hydrogen-bond donors (Lipinski definition) is 1. The van der Waals surface area contributed by atoms with E-state index in [9.17, 15) is 4.79 Å². The van der Waals surface area contributed by atoms with Crippen molar-refractivity contribution < 1.29 is 4.79 Å². The Balaban J connectivity index is 1.41. The summed E-state index contributed by atoms with van der Waals surface area (Å²) in [5, 5.41) is 12.5. The van der Waals surface area contributed by atoms with Crippen LogP contribution in [0.15, 0.2) is 64.6 Å². The third kappa shape index (κ3) is 4.77. The first-order chi connectivity index (χ1) is 13.7. The molecular formula is C21H22N4OS2. The summed E-state index contributed by atoms with van der Waals surface area (Å²) in [6, 6.07) is 18.2. The molecule has 1 fully saturated rings. The number of carbonyl (C=O) groups excluding carboxylic acids is 1. The molecule has 28 heavy (non-hydrogen) atoms. The Morgan fingerprint density at radius 3 is 2.54 bits per heavy atom. The highest BCUT2D eigenvalue weighted by molar-refractivity contribution is 7.99. The van der Waals surface area contributed by atoms with Crippen molar-refractivity contribution in [2.24, 2.45) is 0 Å². The summed E-state index contributed by atoms with van der Waals surface area (Å²) in [6.07, 6.45) is 4.37. The van der Waals surface area contributed by atoms with Crippen molar-refractivity contribution in [1.82, 2.24) is 14.8 Å². The molecular weight excluding hydrogens is 388 g/mol. The molecule has 0 bridgehead atoms. The van der Waals surface area contributed by atoms with Gasteiger partial charge in [-0.1, -0.05) is 42.1 Å². The summed E-state index contributed by atoms with van der Waals surface area (Å²) in [4.78, 5) is 13.5. The maximum Gasteiger partial charge on any atom is 0.234 e. The Morgan fingerprint density at radius 1 is 1.11 bits per heavy atom. The average Bonchev–Trinajstić information content (AvgIpc) is 3.49. The van der Waals surface area contributed by atoms with Crippen molar-refractivity contribution in [3.63, 3.8) is 0 Å². The zero-order valence-corrected chi connectivity index (χ0v) is 17.3. The first kappa shape index (κ1) is 19.1. The predicted molar refractivity (Wildman–Crippen MR) is 115 cm³/mol. The van der Waals surface area contributed by atoms with E-state index in [1.807, 2.05) is 48.7 Å². The minimum atomic E-state index is -0.0378. The molecule has 0 radical (unpaired) electrons. The highest BCUT2D eigenvalue weighted by Crippen LogP contribution is 2.40. The van der Waals surface area contributed by atoms with Crippen LogP contribution in [0, 0.1) is 0 Å². The normalized spacial score (nSPS) is 13.5. The molecule has 0 spiro atoms. The molecule has 0 saturated heterocycles. The smallest absolute Gasteiger partial charge is 0.234 e. The molecule has 1 amide bonds. The number of benzene rings is 2. The van der Waals surface area contributed by atoms with Crippen molar-refractivity contribution in [1.29, 1.82) is 0 Å². The van der Waals surface area contributed by atoms with Gasteiger partial charge in [-0.2, -0.15) is 0 Å². The lowest BCUT2D eigenvalue weighted by Crippen LogP contribution is -2.15. The minimum Gasteiger partial charge on any atom is -0.325 e. The summed E-state index contributed by atoms with van der Waals surface area (Å²) >= 11 is 3.12. The predicted octanol–water partition coefficient (Wildman–Crippen LogP) is 4.66. The van der Waals surface area contributed by atoms with Crippen molar-refractivity contribution in [3.8, 4) is 0 Å². The number of hydrogen-bond acceptors (Lipinski definition) is 5. The third-order valence-corrected chi connectivity index (χ3v) is 6.29. The number of nitrogens with one attached hydrogen (secondary N) is 1. The summed E-state index contributed by atoms with van der Waals surface area (Å²) in [6.45, 7) is 0.736. The fourth-order valence-electron chi connectivity index (χ4n) is 2.97. The van der Waals surface area contributed by atoms with Crippen LogP contribution in [0.5, 0.6) is 0 Å². The van der Waals surface area contributed by atoms with Gasteiger partial charge in [-0.15, -0.1) is 22.0 Å². The largest absolute Gasteiger partial charge is 0.325 e. The van der Waals surface area contributed by atoms with Gasteiger partial charge in [0.15, 0.2) is 5.16 Å². The van der Waals surface area contributed by atoms with E-state index in [0.717, 1.165) is 23.2 Å². The quantitative estimate of drug-likeness (QED) is 0.548. The number of rotatable bonds is 8. The summed E-state index contributed by atoms with van der Waals surface area (Å²) in [5.41, 5.74) is 2.03. The first-order valence-corrected chi connectivity index (χ1v) is 11.5. The Labute approximate surface area is 173 Å². The molecule has 1 aliphatic rings. The summed E-state index contributed by atoms with van der Waals surface area (Å²) in [5.74, 6) is 1.82. The van der Waals surface area contributed by atoms with Gasteiger partial charge < -0.3 is 9.88 Å². The van der Waals surface area contributed by atoms with Crippen molar-refractivity contribution in [2.45, 2.75) is 35.4 Å². The van der Waals surface area contributed by atoms with Crippen LogP contribution < -0.4 is 5.32 Å². The van der Waals surface area contributed by atoms with Crippen LogP contribution in [-0.2, 0) is 11.3 Å². The fraction of sp³-hybridized carbons (Fsp3) is 0.286. The molecule has 0 unspecified atom stereocenters. The molecule has 144 valence electrons. The molecule has 5 nitrogen and oxygen atoms in total. The van der Waals surface area contributed by atoms with E-state index in [2.05, 4.69) is 32.2 Å². The topological polar surface area (TPSA) is 59.8 Å². The van der Waals surface area contributed by atoms with Gasteiger partial charge in [-0.25, -0.2) is 0 Å². The van der Waals surface area contributed by atoms with Crippen LogP contribution in [0.3, 0.4) is 0 Å². The average molecular weight is 411 g/mol. The van der Waals surface area contributed by atoms with E-state index in [0.29, 0.717) is 11.7 Å². The maximum atomic E-state index is 12.4. The zero-order chi connectivity index (χ0) is 19.3. The number of nitrogens with zero attached hydrogens (tertiary/aromatic N) is 3. The standard InChI is InChI=1S/C21H22N4OS2/c1-27-18-11-9-17(10-12-18)22-19(26)14-28-21-24-23-20(16-7-8-16)25(21)13-15-5-3-2-4-6-15/h2-6,9-12,16H,7-8,13-14H2,1H3,(H,22,26). The van der Waals surface area contributed by atoms with Gasteiger partial charge in [0.05, 0.1) is 12.3 Å². The van der Waals surface area contributed by atoms with Crippen molar-refractivity contribution in [2.75, 3.05) is 17.3 Å². The molecule has 1 heterocycles. The third-order valence-electron chi connectivity index (χ3n) is 4.58. The number of anilines is 1. The second kappa shape index (κ2) is 8.84. The molecule has 1 N–H and O–H groups in total. The molecule has 1 aliphatic carbocycles. The Morgan fingerprint density at radius 2 is 1.86 bits per heavy atom. The Kier molecular flexibility index (Phi) is 6.02. The molecule has 2 aromatic carbocycles. The number of carbonyl (C=O) groups is 1. The molecule has 7 heteroatoms. The van der Waals surface area contributed by atoms with Gasteiger partial charge in [0, 0.05) is 16.5 Å².